The van der Waals surface area contributed by atoms with Crippen molar-refractivity contribution in [3.8, 4) is 0 Å². The summed E-state index contributed by atoms with van der Waals surface area (Å²) >= 11 is 0. The van der Waals surface area contributed by atoms with Gasteiger partial charge in [-0.25, -0.2) is 4.79 Å². The Morgan fingerprint density at radius 3 is 2.48 bits per heavy atom. The van der Waals surface area contributed by atoms with Crippen molar-refractivity contribution in [3.05, 3.63) is 35.9 Å². The zero-order valence-electron chi connectivity index (χ0n) is 14.7. The second-order valence-electron chi connectivity index (χ2n) is 6.46. The molecule has 6 heteroatoms. The van der Waals surface area contributed by atoms with E-state index < -0.39 is 17.4 Å². The third-order valence-corrected chi connectivity index (χ3v) is 4.77. The van der Waals surface area contributed by atoms with E-state index in [9.17, 15) is 19.5 Å². The zero-order valence-corrected chi connectivity index (χ0v) is 14.7. The minimum Gasteiger partial charge on any atom is -0.479 e. The summed E-state index contributed by atoms with van der Waals surface area (Å²) in [6, 6.07) is 8.68. The Hall–Kier alpha value is -2.37. The van der Waals surface area contributed by atoms with Crippen molar-refractivity contribution in [2.75, 3.05) is 13.1 Å². The van der Waals surface area contributed by atoms with Crippen LogP contribution in [-0.2, 0) is 19.9 Å². The van der Waals surface area contributed by atoms with Gasteiger partial charge in [-0.1, -0.05) is 50.1 Å². The highest BCUT2D eigenvalue weighted by Crippen LogP contribution is 2.25. The molecule has 0 saturated carbocycles. The van der Waals surface area contributed by atoms with Gasteiger partial charge in [-0.3, -0.25) is 9.59 Å². The SMILES string of the molecule is CCC(NC(=O)CN1CCCCCCC1=O)(C(=O)O)c1ccccc1. The first-order valence-corrected chi connectivity index (χ1v) is 8.87. The highest BCUT2D eigenvalue weighted by Gasteiger charge is 2.40. The molecular formula is C19H26N2O4. The lowest BCUT2D eigenvalue weighted by atomic mass is 9.87. The minimum absolute atomic E-state index is 0.0352. The van der Waals surface area contributed by atoms with E-state index in [0.29, 0.717) is 18.5 Å². The van der Waals surface area contributed by atoms with Gasteiger partial charge in [-0.05, 0) is 24.8 Å². The molecule has 1 aromatic rings. The summed E-state index contributed by atoms with van der Waals surface area (Å²) in [5, 5.41) is 12.4. The molecule has 1 aromatic carbocycles. The van der Waals surface area contributed by atoms with E-state index in [-0.39, 0.29) is 18.9 Å². The number of hydrogen-bond donors (Lipinski definition) is 2. The largest absolute Gasteiger partial charge is 0.479 e. The van der Waals surface area contributed by atoms with Crippen molar-refractivity contribution >= 4 is 17.8 Å². The summed E-state index contributed by atoms with van der Waals surface area (Å²) in [5.41, 5.74) is -0.957. The normalized spacial score (nSPS) is 18.0. The number of hydrogen-bond acceptors (Lipinski definition) is 3. The molecule has 0 spiro atoms. The first-order chi connectivity index (χ1) is 12.0. The van der Waals surface area contributed by atoms with E-state index in [4.69, 9.17) is 0 Å². The quantitative estimate of drug-likeness (QED) is 0.827. The maximum Gasteiger partial charge on any atom is 0.334 e. The average Bonchev–Trinajstić information content (AvgIpc) is 2.60. The lowest BCUT2D eigenvalue weighted by Crippen LogP contribution is -2.54. The molecule has 1 atom stereocenters. The number of amides is 2. The van der Waals surface area contributed by atoms with Gasteiger partial charge in [-0.2, -0.15) is 0 Å². The molecule has 1 fully saturated rings. The zero-order chi connectivity index (χ0) is 18.3. The number of carbonyl (C=O) groups is 3. The van der Waals surface area contributed by atoms with Crippen molar-refractivity contribution in [3.63, 3.8) is 0 Å². The predicted octanol–water partition coefficient (Wildman–Crippen LogP) is 2.29. The number of carboxylic acids is 1. The topological polar surface area (TPSA) is 86.7 Å². The number of benzene rings is 1. The van der Waals surface area contributed by atoms with E-state index in [1.165, 1.54) is 0 Å². The second-order valence-corrected chi connectivity index (χ2v) is 6.46. The summed E-state index contributed by atoms with van der Waals surface area (Å²) in [5.74, 6) is -1.58. The molecule has 2 amide bonds. The van der Waals surface area contributed by atoms with Crippen LogP contribution in [0.15, 0.2) is 30.3 Å². The maximum absolute atomic E-state index is 12.5. The lowest BCUT2D eigenvalue weighted by Gasteiger charge is -2.31. The number of carboxylic acid groups (broad SMARTS) is 1. The van der Waals surface area contributed by atoms with E-state index in [2.05, 4.69) is 5.32 Å². The van der Waals surface area contributed by atoms with Crippen LogP contribution in [-0.4, -0.2) is 40.9 Å². The number of aliphatic carboxylic acids is 1. The molecule has 0 aromatic heterocycles. The average molecular weight is 346 g/mol. The van der Waals surface area contributed by atoms with Crippen LogP contribution in [0.5, 0.6) is 0 Å². The van der Waals surface area contributed by atoms with Crippen molar-refractivity contribution in [2.45, 2.75) is 51.0 Å². The Balaban J connectivity index is 2.14. The summed E-state index contributed by atoms with van der Waals surface area (Å²) in [4.78, 5) is 38.2. The molecule has 0 bridgehead atoms. The third kappa shape index (κ3) is 4.59. The maximum atomic E-state index is 12.5. The van der Waals surface area contributed by atoms with Gasteiger partial charge in [0.05, 0.1) is 6.54 Å². The summed E-state index contributed by atoms with van der Waals surface area (Å²) < 4.78 is 0. The summed E-state index contributed by atoms with van der Waals surface area (Å²) in [6.07, 6.45) is 4.46. The number of likely N-dealkylation sites (tertiary alicyclic amines) is 1. The van der Waals surface area contributed by atoms with Gasteiger partial charge >= 0.3 is 5.97 Å². The Bertz CT molecular complexity index is 617. The van der Waals surface area contributed by atoms with Crippen LogP contribution in [0.3, 0.4) is 0 Å². The van der Waals surface area contributed by atoms with Crippen LogP contribution < -0.4 is 5.32 Å². The Kier molecular flexibility index (Phi) is 6.56. The van der Waals surface area contributed by atoms with Gasteiger partial charge in [0.15, 0.2) is 5.54 Å². The van der Waals surface area contributed by atoms with Crippen molar-refractivity contribution in [1.29, 1.82) is 0 Å². The monoisotopic (exact) mass is 346 g/mol. The minimum atomic E-state index is -1.48. The molecule has 25 heavy (non-hydrogen) atoms. The lowest BCUT2D eigenvalue weighted by molar-refractivity contribution is -0.149. The van der Waals surface area contributed by atoms with Crippen molar-refractivity contribution in [1.82, 2.24) is 10.2 Å². The van der Waals surface area contributed by atoms with Gasteiger partial charge in [0.2, 0.25) is 11.8 Å². The Morgan fingerprint density at radius 2 is 1.84 bits per heavy atom. The van der Waals surface area contributed by atoms with Gasteiger partial charge < -0.3 is 15.3 Å². The molecule has 0 aliphatic carbocycles. The molecule has 6 nitrogen and oxygen atoms in total. The third-order valence-electron chi connectivity index (χ3n) is 4.77. The molecule has 2 rings (SSSR count). The first kappa shape index (κ1) is 19.0. The van der Waals surface area contributed by atoms with E-state index in [1.807, 2.05) is 0 Å². The van der Waals surface area contributed by atoms with E-state index >= 15 is 0 Å². The Morgan fingerprint density at radius 1 is 1.16 bits per heavy atom. The fourth-order valence-corrected chi connectivity index (χ4v) is 3.25. The molecule has 136 valence electrons. The first-order valence-electron chi connectivity index (χ1n) is 8.87. The van der Waals surface area contributed by atoms with Crippen LogP contribution in [0.2, 0.25) is 0 Å². The molecule has 1 aliphatic heterocycles. The van der Waals surface area contributed by atoms with Crippen LogP contribution >= 0.6 is 0 Å². The number of carbonyl (C=O) groups excluding carboxylic acids is 2. The molecule has 1 aliphatic rings. The second kappa shape index (κ2) is 8.65. The van der Waals surface area contributed by atoms with Gasteiger partial charge in [0.1, 0.15) is 0 Å². The molecule has 1 saturated heterocycles. The molecule has 2 N–H and O–H groups in total. The Labute approximate surface area is 148 Å². The summed E-state index contributed by atoms with van der Waals surface area (Å²) in [7, 11) is 0. The smallest absolute Gasteiger partial charge is 0.334 e. The fraction of sp³-hybridized carbons (Fsp3) is 0.526. The number of nitrogens with one attached hydrogen (secondary N) is 1. The van der Waals surface area contributed by atoms with E-state index in [0.717, 1.165) is 25.7 Å². The van der Waals surface area contributed by atoms with Crippen molar-refractivity contribution in [2.24, 2.45) is 0 Å². The predicted molar refractivity (Wildman–Crippen MR) is 93.9 cm³/mol. The number of nitrogens with zero attached hydrogens (tertiary/aromatic N) is 1. The number of rotatable bonds is 6. The summed E-state index contributed by atoms with van der Waals surface area (Å²) in [6.45, 7) is 2.17. The van der Waals surface area contributed by atoms with Crippen LogP contribution in [0.25, 0.3) is 0 Å². The fourth-order valence-electron chi connectivity index (χ4n) is 3.25. The van der Waals surface area contributed by atoms with Gasteiger partial charge in [-0.15, -0.1) is 0 Å². The van der Waals surface area contributed by atoms with Gasteiger partial charge in [0, 0.05) is 13.0 Å². The van der Waals surface area contributed by atoms with Crippen LogP contribution in [0.4, 0.5) is 0 Å². The van der Waals surface area contributed by atoms with Gasteiger partial charge in [0.25, 0.3) is 0 Å². The highest BCUT2D eigenvalue weighted by molar-refractivity contribution is 5.90. The van der Waals surface area contributed by atoms with Crippen LogP contribution in [0.1, 0.15) is 51.0 Å². The highest BCUT2D eigenvalue weighted by atomic mass is 16.4. The molecule has 1 unspecified atom stereocenters. The molecule has 0 radical (unpaired) electrons. The standard InChI is InChI=1S/C19H26N2O4/c1-2-19(18(24)25,15-10-6-5-7-11-15)20-16(22)14-21-13-9-4-3-8-12-17(21)23/h5-7,10-11H,2-4,8-9,12-14H2,1H3,(H,20,22)(H,24,25). The van der Waals surface area contributed by atoms with E-state index in [1.54, 1.807) is 42.2 Å². The van der Waals surface area contributed by atoms with Crippen LogP contribution in [0, 0.1) is 0 Å². The van der Waals surface area contributed by atoms with Crippen molar-refractivity contribution < 1.29 is 19.5 Å². The molecular weight excluding hydrogens is 320 g/mol. The molecule has 1 heterocycles.